The predicted molar refractivity (Wildman–Crippen MR) is 98.8 cm³/mol. The molecule has 0 amide bonds. The zero-order valence-electron chi connectivity index (χ0n) is 15.6. The fraction of sp³-hybridized carbons (Fsp3) is 0.579. The lowest BCUT2D eigenvalue weighted by Crippen LogP contribution is -2.27. The number of rotatable bonds is 15. The molecule has 0 fully saturated rings. The molecule has 0 saturated carbocycles. The fourth-order valence-electron chi connectivity index (χ4n) is 2.19. The van der Waals surface area contributed by atoms with Crippen LogP contribution >= 0.6 is 0 Å². The van der Waals surface area contributed by atoms with Gasteiger partial charge in [0.15, 0.2) is 0 Å². The van der Waals surface area contributed by atoms with E-state index < -0.39 is 0 Å². The second kappa shape index (κ2) is 14.2. The van der Waals surface area contributed by atoms with Crippen LogP contribution in [-0.2, 0) is 23.7 Å². The summed E-state index contributed by atoms with van der Waals surface area (Å²) >= 11 is 0. The highest BCUT2D eigenvalue weighted by atomic mass is 16.6. The molecule has 26 heavy (non-hydrogen) atoms. The molecule has 7 heteroatoms. The molecule has 1 rings (SSSR count). The summed E-state index contributed by atoms with van der Waals surface area (Å²) in [5, 5.41) is 0. The summed E-state index contributed by atoms with van der Waals surface area (Å²) in [5.41, 5.74) is 1.75. The highest BCUT2D eigenvalue weighted by Crippen LogP contribution is 2.14. The van der Waals surface area contributed by atoms with Crippen LogP contribution in [0.2, 0.25) is 0 Å². The molecule has 0 spiro atoms. The van der Waals surface area contributed by atoms with Crippen LogP contribution in [0.25, 0.3) is 0 Å². The Bertz CT molecular complexity index is 505. The van der Waals surface area contributed by atoms with Crippen molar-refractivity contribution < 1.29 is 28.5 Å². The number of benzene rings is 1. The minimum atomic E-state index is -0.304. The monoisotopic (exact) mass is 367 g/mol. The quantitative estimate of drug-likeness (QED) is 0.266. The molecule has 0 N–H and O–H groups in total. The lowest BCUT2D eigenvalue weighted by Gasteiger charge is -2.23. The number of likely N-dealkylation sites (N-methyl/N-ethyl adjacent to an activating group) is 1. The zero-order valence-corrected chi connectivity index (χ0v) is 15.6. The van der Waals surface area contributed by atoms with Gasteiger partial charge in [-0.2, -0.15) is 0 Å². The van der Waals surface area contributed by atoms with Gasteiger partial charge >= 0.3 is 5.97 Å². The molecule has 0 aliphatic heterocycles. The molecule has 0 saturated heterocycles. The summed E-state index contributed by atoms with van der Waals surface area (Å²) in [4.78, 5) is 23.4. The maximum atomic E-state index is 10.7. The highest BCUT2D eigenvalue weighted by Gasteiger charge is 2.04. The third-order valence-corrected chi connectivity index (χ3v) is 3.56. The smallest absolute Gasteiger partial charge is 0.302 e. The van der Waals surface area contributed by atoms with Crippen molar-refractivity contribution in [1.82, 2.24) is 0 Å². The van der Waals surface area contributed by atoms with E-state index in [0.29, 0.717) is 45.2 Å². The highest BCUT2D eigenvalue weighted by molar-refractivity contribution is 5.75. The van der Waals surface area contributed by atoms with Crippen molar-refractivity contribution in [3.8, 4) is 0 Å². The Morgan fingerprint density at radius 3 is 1.96 bits per heavy atom. The van der Waals surface area contributed by atoms with Crippen molar-refractivity contribution >= 4 is 17.9 Å². The molecule has 0 aliphatic rings. The zero-order chi connectivity index (χ0) is 19.0. The maximum absolute atomic E-state index is 10.7. The second-order valence-electron chi connectivity index (χ2n) is 5.47. The molecule has 1 aromatic carbocycles. The van der Waals surface area contributed by atoms with Gasteiger partial charge in [0.05, 0.1) is 39.6 Å². The van der Waals surface area contributed by atoms with Crippen LogP contribution < -0.4 is 4.90 Å². The Morgan fingerprint density at radius 1 is 0.923 bits per heavy atom. The number of carbonyl (C=O) groups excluding carboxylic acids is 2. The largest absolute Gasteiger partial charge is 0.463 e. The molecule has 0 atom stereocenters. The molecule has 0 aromatic heterocycles. The van der Waals surface area contributed by atoms with Crippen LogP contribution in [0.15, 0.2) is 24.3 Å². The van der Waals surface area contributed by atoms with E-state index in [9.17, 15) is 9.59 Å². The lowest BCUT2D eigenvalue weighted by atomic mass is 10.2. The molecule has 0 aliphatic carbocycles. The van der Waals surface area contributed by atoms with Gasteiger partial charge in [-0.15, -0.1) is 0 Å². The normalized spacial score (nSPS) is 10.5. The molecule has 146 valence electrons. The lowest BCUT2D eigenvalue weighted by molar-refractivity contribution is -0.142. The first kappa shape index (κ1) is 22.1. The number of nitrogens with zero attached hydrogens (tertiary/aromatic N) is 1. The summed E-state index contributed by atoms with van der Waals surface area (Å²) in [6.07, 6.45) is 0.841. The van der Waals surface area contributed by atoms with Crippen molar-refractivity contribution in [2.45, 2.75) is 13.8 Å². The van der Waals surface area contributed by atoms with E-state index in [0.717, 1.165) is 25.1 Å². The van der Waals surface area contributed by atoms with Crippen LogP contribution in [0.5, 0.6) is 0 Å². The first-order chi connectivity index (χ1) is 12.7. The Labute approximate surface area is 155 Å². The maximum Gasteiger partial charge on any atom is 0.302 e. The molecular weight excluding hydrogens is 338 g/mol. The van der Waals surface area contributed by atoms with E-state index in [1.54, 1.807) is 0 Å². The SMILES string of the molecule is CCN(CCOCCOCCOCCOC(C)=O)c1ccc(C=O)cc1. The molecule has 0 unspecified atom stereocenters. The summed E-state index contributed by atoms with van der Waals surface area (Å²) in [5.74, 6) is -0.304. The fourth-order valence-corrected chi connectivity index (χ4v) is 2.19. The van der Waals surface area contributed by atoms with Crippen LogP contribution in [0, 0.1) is 0 Å². The van der Waals surface area contributed by atoms with Crippen LogP contribution in [0.3, 0.4) is 0 Å². The van der Waals surface area contributed by atoms with Crippen LogP contribution in [0.1, 0.15) is 24.2 Å². The summed E-state index contributed by atoms with van der Waals surface area (Å²) in [6, 6.07) is 7.51. The summed E-state index contributed by atoms with van der Waals surface area (Å²) in [7, 11) is 0. The van der Waals surface area contributed by atoms with E-state index in [-0.39, 0.29) is 12.6 Å². The Kier molecular flexibility index (Phi) is 12.1. The average Bonchev–Trinajstić information content (AvgIpc) is 2.65. The minimum Gasteiger partial charge on any atom is -0.463 e. The Hall–Kier alpha value is -1.96. The number of ether oxygens (including phenoxy) is 4. The van der Waals surface area contributed by atoms with Crippen molar-refractivity contribution in [3.63, 3.8) is 0 Å². The van der Waals surface area contributed by atoms with Gasteiger partial charge < -0.3 is 23.8 Å². The van der Waals surface area contributed by atoms with Crippen LogP contribution in [-0.4, -0.2) is 71.6 Å². The average molecular weight is 367 g/mol. The molecular formula is C19H29NO6. The standard InChI is InChI=1S/C19H29NO6/c1-3-20(19-6-4-18(16-21)5-7-19)8-9-23-10-11-24-12-13-25-14-15-26-17(2)22/h4-7,16H,3,8-15H2,1-2H3. The van der Waals surface area contributed by atoms with Crippen LogP contribution in [0.4, 0.5) is 5.69 Å². The van der Waals surface area contributed by atoms with E-state index >= 15 is 0 Å². The van der Waals surface area contributed by atoms with E-state index in [2.05, 4.69) is 11.8 Å². The van der Waals surface area contributed by atoms with Gasteiger partial charge in [-0.3, -0.25) is 9.59 Å². The van der Waals surface area contributed by atoms with Crippen molar-refractivity contribution in [3.05, 3.63) is 29.8 Å². The molecule has 0 radical (unpaired) electrons. The van der Waals surface area contributed by atoms with Gasteiger partial charge in [0.2, 0.25) is 0 Å². The van der Waals surface area contributed by atoms with Gasteiger partial charge in [0.25, 0.3) is 0 Å². The predicted octanol–water partition coefficient (Wildman–Crippen LogP) is 1.94. The Morgan fingerprint density at radius 2 is 1.46 bits per heavy atom. The van der Waals surface area contributed by atoms with Crippen molar-refractivity contribution in [2.75, 3.05) is 64.2 Å². The molecule has 0 heterocycles. The van der Waals surface area contributed by atoms with Gasteiger partial charge in [-0.1, -0.05) is 0 Å². The third kappa shape index (κ3) is 10.1. The number of hydrogen-bond donors (Lipinski definition) is 0. The van der Waals surface area contributed by atoms with Gasteiger partial charge in [-0.25, -0.2) is 0 Å². The summed E-state index contributed by atoms with van der Waals surface area (Å²) < 4.78 is 21.0. The number of hydrogen-bond acceptors (Lipinski definition) is 7. The topological polar surface area (TPSA) is 74.3 Å². The van der Waals surface area contributed by atoms with Crippen molar-refractivity contribution in [2.24, 2.45) is 0 Å². The second-order valence-corrected chi connectivity index (χ2v) is 5.47. The first-order valence-corrected chi connectivity index (χ1v) is 8.84. The number of carbonyl (C=O) groups is 2. The molecule has 7 nitrogen and oxygen atoms in total. The molecule has 1 aromatic rings. The minimum absolute atomic E-state index is 0.268. The number of aldehydes is 1. The Balaban J connectivity index is 2.00. The van der Waals surface area contributed by atoms with Gasteiger partial charge in [-0.05, 0) is 31.2 Å². The van der Waals surface area contributed by atoms with E-state index in [4.69, 9.17) is 18.9 Å². The van der Waals surface area contributed by atoms with Gasteiger partial charge in [0.1, 0.15) is 12.9 Å². The van der Waals surface area contributed by atoms with E-state index in [1.807, 2.05) is 24.3 Å². The van der Waals surface area contributed by atoms with Crippen molar-refractivity contribution in [1.29, 1.82) is 0 Å². The number of anilines is 1. The van der Waals surface area contributed by atoms with E-state index in [1.165, 1.54) is 6.92 Å². The third-order valence-electron chi connectivity index (χ3n) is 3.56. The first-order valence-electron chi connectivity index (χ1n) is 8.84. The molecule has 0 bridgehead atoms. The number of esters is 1. The summed E-state index contributed by atoms with van der Waals surface area (Å²) in [6.45, 7) is 8.30. The van der Waals surface area contributed by atoms with Gasteiger partial charge in [0, 0.05) is 31.3 Å².